The van der Waals surface area contributed by atoms with Crippen molar-refractivity contribution in [2.75, 3.05) is 17.3 Å². The molecular formula is C19H19ClN6O2S. The highest BCUT2D eigenvalue weighted by molar-refractivity contribution is 7.98. The third kappa shape index (κ3) is 5.55. The average molecular weight is 431 g/mol. The minimum atomic E-state index is -0.708. The predicted octanol–water partition coefficient (Wildman–Crippen LogP) is 3.01. The number of anilines is 1. The van der Waals surface area contributed by atoms with Gasteiger partial charge in [0.05, 0.1) is 10.6 Å². The summed E-state index contributed by atoms with van der Waals surface area (Å²) in [6, 6.07) is 13.1. The van der Waals surface area contributed by atoms with Crippen molar-refractivity contribution in [3.05, 3.63) is 59.1 Å². The summed E-state index contributed by atoms with van der Waals surface area (Å²) in [5, 5.41) is 19.8. The maximum atomic E-state index is 12.9. The van der Waals surface area contributed by atoms with Crippen molar-refractivity contribution in [2.24, 2.45) is 0 Å². The third-order valence-electron chi connectivity index (χ3n) is 4.08. The van der Waals surface area contributed by atoms with Crippen LogP contribution in [0.1, 0.15) is 16.8 Å². The molecule has 0 aliphatic heterocycles. The highest BCUT2D eigenvalue weighted by Crippen LogP contribution is 2.19. The van der Waals surface area contributed by atoms with E-state index in [1.165, 1.54) is 0 Å². The van der Waals surface area contributed by atoms with Gasteiger partial charge in [-0.2, -0.15) is 17.0 Å². The molecule has 0 bridgehead atoms. The Morgan fingerprint density at radius 3 is 2.76 bits per heavy atom. The Bertz CT molecular complexity index is 982. The maximum Gasteiger partial charge on any atom is 0.253 e. The van der Waals surface area contributed by atoms with E-state index in [4.69, 9.17) is 11.6 Å². The summed E-state index contributed by atoms with van der Waals surface area (Å²) in [6.45, 7) is 0. The highest BCUT2D eigenvalue weighted by atomic mass is 35.5. The van der Waals surface area contributed by atoms with Gasteiger partial charge in [0.15, 0.2) is 0 Å². The molecule has 150 valence electrons. The number of hydrogen-bond acceptors (Lipinski definition) is 6. The van der Waals surface area contributed by atoms with E-state index in [1.807, 2.05) is 12.3 Å². The van der Waals surface area contributed by atoms with Crippen LogP contribution in [0.3, 0.4) is 0 Å². The number of nitrogens with one attached hydrogen (secondary N) is 3. The first-order chi connectivity index (χ1) is 14.1. The fraction of sp³-hybridized carbons (Fsp3) is 0.211. The number of tetrazole rings is 1. The fourth-order valence-electron chi connectivity index (χ4n) is 2.64. The van der Waals surface area contributed by atoms with Crippen LogP contribution in [0, 0.1) is 0 Å². The van der Waals surface area contributed by atoms with E-state index >= 15 is 0 Å². The van der Waals surface area contributed by atoms with Gasteiger partial charge < -0.3 is 10.6 Å². The monoisotopic (exact) mass is 430 g/mol. The van der Waals surface area contributed by atoms with Gasteiger partial charge in [-0.1, -0.05) is 35.9 Å². The van der Waals surface area contributed by atoms with Gasteiger partial charge in [-0.25, -0.2) is 0 Å². The van der Waals surface area contributed by atoms with E-state index < -0.39 is 11.9 Å². The smallest absolute Gasteiger partial charge is 0.253 e. The number of halogens is 1. The maximum absolute atomic E-state index is 12.9. The van der Waals surface area contributed by atoms with Crippen LogP contribution in [-0.4, -0.2) is 50.5 Å². The SMILES string of the molecule is CSCC[C@@H](NC(=O)c1ccccc1Cl)C(=O)Nc1cccc(-c2nn[nH]n2)c1. The zero-order valence-corrected chi connectivity index (χ0v) is 17.1. The third-order valence-corrected chi connectivity index (χ3v) is 5.06. The molecule has 3 rings (SSSR count). The summed E-state index contributed by atoms with van der Waals surface area (Å²) >= 11 is 7.69. The summed E-state index contributed by atoms with van der Waals surface area (Å²) < 4.78 is 0. The summed E-state index contributed by atoms with van der Waals surface area (Å²) in [5.41, 5.74) is 1.60. The Labute approximate surface area is 176 Å². The molecule has 3 aromatic rings. The molecule has 1 aromatic heterocycles. The molecule has 2 amide bonds. The molecule has 0 saturated heterocycles. The number of aromatic amines is 1. The lowest BCUT2D eigenvalue weighted by Crippen LogP contribution is -2.44. The molecular weight excluding hydrogens is 412 g/mol. The van der Waals surface area contributed by atoms with Crippen LogP contribution >= 0.6 is 23.4 Å². The molecule has 29 heavy (non-hydrogen) atoms. The number of carbonyl (C=O) groups is 2. The number of H-pyrrole nitrogens is 1. The normalized spacial score (nSPS) is 11.7. The molecule has 0 radical (unpaired) electrons. The number of rotatable bonds is 8. The van der Waals surface area contributed by atoms with Gasteiger partial charge in [0.2, 0.25) is 11.7 Å². The van der Waals surface area contributed by atoms with Crippen molar-refractivity contribution in [3.8, 4) is 11.4 Å². The van der Waals surface area contributed by atoms with E-state index in [9.17, 15) is 9.59 Å². The van der Waals surface area contributed by atoms with E-state index in [2.05, 4.69) is 31.3 Å². The summed E-state index contributed by atoms with van der Waals surface area (Å²) in [4.78, 5) is 25.4. The molecule has 0 saturated carbocycles. The van der Waals surface area contributed by atoms with Gasteiger partial charge in [0.25, 0.3) is 5.91 Å². The summed E-state index contributed by atoms with van der Waals surface area (Å²) in [6.07, 6.45) is 2.42. The van der Waals surface area contributed by atoms with Crippen molar-refractivity contribution in [1.29, 1.82) is 0 Å². The molecule has 2 aromatic carbocycles. The van der Waals surface area contributed by atoms with Gasteiger partial charge in [0, 0.05) is 11.3 Å². The van der Waals surface area contributed by atoms with Gasteiger partial charge in [-0.3, -0.25) is 9.59 Å². The van der Waals surface area contributed by atoms with E-state index in [0.717, 1.165) is 0 Å². The molecule has 3 N–H and O–H groups in total. The lowest BCUT2D eigenvalue weighted by Gasteiger charge is -2.19. The van der Waals surface area contributed by atoms with Crippen molar-refractivity contribution in [1.82, 2.24) is 25.9 Å². The van der Waals surface area contributed by atoms with Crippen molar-refractivity contribution in [3.63, 3.8) is 0 Å². The van der Waals surface area contributed by atoms with Gasteiger partial charge >= 0.3 is 0 Å². The Hall–Kier alpha value is -2.91. The summed E-state index contributed by atoms with van der Waals surface area (Å²) in [7, 11) is 0. The Kier molecular flexibility index (Phi) is 7.20. The largest absolute Gasteiger partial charge is 0.340 e. The second-order valence-electron chi connectivity index (χ2n) is 6.09. The highest BCUT2D eigenvalue weighted by Gasteiger charge is 2.22. The zero-order valence-electron chi connectivity index (χ0n) is 15.6. The first-order valence-corrected chi connectivity index (χ1v) is 10.5. The van der Waals surface area contributed by atoms with Crippen molar-refractivity contribution in [2.45, 2.75) is 12.5 Å². The molecule has 0 aliphatic carbocycles. The molecule has 0 aliphatic rings. The lowest BCUT2D eigenvalue weighted by atomic mass is 10.1. The number of hydrogen-bond donors (Lipinski definition) is 3. The predicted molar refractivity (Wildman–Crippen MR) is 114 cm³/mol. The van der Waals surface area contributed by atoms with Crippen LogP contribution in [0.25, 0.3) is 11.4 Å². The van der Waals surface area contributed by atoms with Crippen LogP contribution in [-0.2, 0) is 4.79 Å². The number of thioether (sulfide) groups is 1. The van der Waals surface area contributed by atoms with Crippen LogP contribution in [0.5, 0.6) is 0 Å². The molecule has 0 fully saturated rings. The molecule has 1 heterocycles. The standard InChI is InChI=1S/C19H19ClN6O2S/c1-29-10-9-16(22-18(27)14-7-2-3-8-15(14)20)19(28)21-13-6-4-5-12(11-13)17-23-25-26-24-17/h2-8,11,16H,9-10H2,1H3,(H,21,28)(H,22,27)(H,23,24,25,26)/t16-/m1/s1. The molecule has 0 unspecified atom stereocenters. The molecule has 8 nitrogen and oxygen atoms in total. The van der Waals surface area contributed by atoms with Crippen LogP contribution in [0.15, 0.2) is 48.5 Å². The molecule has 10 heteroatoms. The van der Waals surface area contributed by atoms with Crippen LogP contribution in [0.4, 0.5) is 5.69 Å². The molecule has 0 spiro atoms. The van der Waals surface area contributed by atoms with Crippen molar-refractivity contribution < 1.29 is 9.59 Å². The number of carbonyl (C=O) groups excluding carboxylic acids is 2. The summed E-state index contributed by atoms with van der Waals surface area (Å²) in [5.74, 6) is 0.429. The van der Waals surface area contributed by atoms with E-state index in [1.54, 1.807) is 54.2 Å². The van der Waals surface area contributed by atoms with Crippen molar-refractivity contribution >= 4 is 40.9 Å². The zero-order chi connectivity index (χ0) is 20.6. The second kappa shape index (κ2) is 10.0. The number of benzene rings is 2. The quantitative estimate of drug-likeness (QED) is 0.506. The van der Waals surface area contributed by atoms with E-state index in [0.29, 0.717) is 39.8 Å². The second-order valence-corrected chi connectivity index (χ2v) is 7.49. The fourth-order valence-corrected chi connectivity index (χ4v) is 3.33. The minimum absolute atomic E-state index is 0.315. The topological polar surface area (TPSA) is 113 Å². The van der Waals surface area contributed by atoms with Gasteiger partial charge in [-0.15, -0.1) is 10.2 Å². The van der Waals surface area contributed by atoms with Crippen LogP contribution < -0.4 is 10.6 Å². The minimum Gasteiger partial charge on any atom is -0.340 e. The lowest BCUT2D eigenvalue weighted by molar-refractivity contribution is -0.118. The van der Waals surface area contributed by atoms with Gasteiger partial charge in [-0.05, 0) is 47.9 Å². The Morgan fingerprint density at radius 1 is 1.21 bits per heavy atom. The first kappa shape index (κ1) is 20.8. The Morgan fingerprint density at radius 2 is 2.03 bits per heavy atom. The van der Waals surface area contributed by atoms with Gasteiger partial charge in [0.1, 0.15) is 6.04 Å². The Balaban J connectivity index is 1.73. The van der Waals surface area contributed by atoms with E-state index in [-0.39, 0.29) is 5.91 Å². The molecule has 1 atom stereocenters. The number of aromatic nitrogens is 4. The van der Waals surface area contributed by atoms with Crippen LogP contribution in [0.2, 0.25) is 5.02 Å². The average Bonchev–Trinajstić information content (AvgIpc) is 3.26. The number of nitrogens with zero attached hydrogens (tertiary/aromatic N) is 3. The first-order valence-electron chi connectivity index (χ1n) is 8.77. The number of amides is 2.